The number of carboxylic acid groups (broad SMARTS) is 2. The van der Waals surface area contributed by atoms with E-state index in [9.17, 15) is 24.6 Å². The Balaban J connectivity index is 4.78. The number of rotatable bonds is 19. The highest BCUT2D eigenvalue weighted by Crippen LogP contribution is 2.21. The second-order valence-corrected chi connectivity index (χ2v) is 8.85. The summed E-state index contributed by atoms with van der Waals surface area (Å²) in [6.45, 7) is 3.44. The van der Waals surface area contributed by atoms with Crippen LogP contribution in [0.25, 0.3) is 0 Å². The Bertz CT molecular complexity index is 686. The first-order chi connectivity index (χ1) is 15.8. The standard InChI is InChI=1S/C25H39NO6S/c1-3-4-5-6-7-8-9-10-11-12-13-14-17-23(22(28)16-15-18-24(29)30)33-19-21(25(31)32)26-20(2)27/h7-8,10-14,17,21-23,28H,3-6,9,15-16,18-19H2,1-2H3,(H,26,27)(H,29,30)(H,31,32)/b8-7-,11-10-,13-12+,17-14+/t21-,22-,23+/m1/s1. The molecule has 8 heteroatoms. The number of aliphatic hydroxyl groups is 1. The second kappa shape index (κ2) is 20.3. The van der Waals surface area contributed by atoms with Gasteiger partial charge in [0.2, 0.25) is 5.91 Å². The van der Waals surface area contributed by atoms with Gasteiger partial charge in [-0.05, 0) is 32.1 Å². The quantitative estimate of drug-likeness (QED) is 0.122. The van der Waals surface area contributed by atoms with Crippen LogP contribution in [0.1, 0.15) is 65.2 Å². The molecule has 0 spiro atoms. The molecule has 0 bridgehead atoms. The fraction of sp³-hybridized carbons (Fsp3) is 0.560. The minimum absolute atomic E-state index is 0.0421. The molecular formula is C25H39NO6S. The van der Waals surface area contributed by atoms with Gasteiger partial charge < -0.3 is 20.6 Å². The van der Waals surface area contributed by atoms with Crippen molar-refractivity contribution in [3.8, 4) is 0 Å². The first-order valence-electron chi connectivity index (χ1n) is 11.4. The average Bonchev–Trinajstić information content (AvgIpc) is 2.74. The van der Waals surface area contributed by atoms with Gasteiger partial charge >= 0.3 is 11.9 Å². The Hall–Kier alpha value is -2.32. The maximum Gasteiger partial charge on any atom is 0.327 e. The molecule has 0 unspecified atom stereocenters. The van der Waals surface area contributed by atoms with Gasteiger partial charge in [0.05, 0.1) is 6.10 Å². The molecule has 7 nitrogen and oxygen atoms in total. The van der Waals surface area contributed by atoms with Crippen LogP contribution in [-0.4, -0.2) is 56.3 Å². The predicted molar refractivity (Wildman–Crippen MR) is 134 cm³/mol. The first kappa shape index (κ1) is 30.7. The summed E-state index contributed by atoms with van der Waals surface area (Å²) in [6.07, 6.45) is 20.9. The van der Waals surface area contributed by atoms with E-state index in [-0.39, 0.29) is 18.6 Å². The number of aliphatic hydroxyl groups excluding tert-OH is 1. The number of allylic oxidation sites excluding steroid dienone is 7. The van der Waals surface area contributed by atoms with Crippen LogP contribution in [0.2, 0.25) is 0 Å². The van der Waals surface area contributed by atoms with Crippen LogP contribution in [0, 0.1) is 0 Å². The number of hydrogen-bond acceptors (Lipinski definition) is 5. The largest absolute Gasteiger partial charge is 0.481 e. The molecule has 0 aliphatic heterocycles. The van der Waals surface area contributed by atoms with Crippen molar-refractivity contribution in [3.05, 3.63) is 48.6 Å². The third-order valence-corrected chi connectivity index (χ3v) is 5.97. The molecule has 33 heavy (non-hydrogen) atoms. The van der Waals surface area contributed by atoms with Crippen molar-refractivity contribution in [3.63, 3.8) is 0 Å². The Morgan fingerprint density at radius 1 is 0.970 bits per heavy atom. The predicted octanol–water partition coefficient (Wildman–Crippen LogP) is 4.49. The van der Waals surface area contributed by atoms with E-state index < -0.39 is 35.2 Å². The van der Waals surface area contributed by atoms with Gasteiger partial charge in [0.25, 0.3) is 0 Å². The molecule has 0 aromatic rings. The van der Waals surface area contributed by atoms with Gasteiger partial charge in [-0.3, -0.25) is 9.59 Å². The lowest BCUT2D eigenvalue weighted by Gasteiger charge is -2.21. The minimum Gasteiger partial charge on any atom is -0.481 e. The van der Waals surface area contributed by atoms with Gasteiger partial charge in [-0.15, -0.1) is 11.8 Å². The average molecular weight is 482 g/mol. The van der Waals surface area contributed by atoms with Crippen molar-refractivity contribution in [1.82, 2.24) is 5.32 Å². The summed E-state index contributed by atoms with van der Waals surface area (Å²) in [5.74, 6) is -2.44. The Kier molecular flexibility index (Phi) is 18.9. The molecule has 0 saturated carbocycles. The van der Waals surface area contributed by atoms with Crippen molar-refractivity contribution in [2.45, 2.75) is 82.6 Å². The minimum atomic E-state index is -1.15. The van der Waals surface area contributed by atoms with E-state index in [4.69, 9.17) is 5.11 Å². The van der Waals surface area contributed by atoms with E-state index in [1.807, 2.05) is 24.3 Å². The molecule has 0 rings (SSSR count). The molecule has 0 aromatic carbocycles. The molecule has 3 atom stereocenters. The van der Waals surface area contributed by atoms with Crippen LogP contribution < -0.4 is 5.32 Å². The zero-order valence-electron chi connectivity index (χ0n) is 19.7. The smallest absolute Gasteiger partial charge is 0.327 e. The molecule has 0 aliphatic carbocycles. The number of aliphatic carboxylic acids is 2. The lowest BCUT2D eigenvalue weighted by molar-refractivity contribution is -0.140. The lowest BCUT2D eigenvalue weighted by Crippen LogP contribution is -2.42. The van der Waals surface area contributed by atoms with E-state index in [1.54, 1.807) is 12.2 Å². The third-order valence-electron chi connectivity index (χ3n) is 4.58. The summed E-state index contributed by atoms with van der Waals surface area (Å²) >= 11 is 1.21. The van der Waals surface area contributed by atoms with Crippen molar-refractivity contribution in [2.75, 3.05) is 5.75 Å². The van der Waals surface area contributed by atoms with E-state index in [2.05, 4.69) is 24.4 Å². The topological polar surface area (TPSA) is 124 Å². The molecule has 0 radical (unpaired) electrons. The van der Waals surface area contributed by atoms with Crippen LogP contribution in [0.5, 0.6) is 0 Å². The van der Waals surface area contributed by atoms with Crippen molar-refractivity contribution < 1.29 is 29.7 Å². The van der Waals surface area contributed by atoms with Crippen molar-refractivity contribution >= 4 is 29.6 Å². The Labute approximate surface area is 201 Å². The summed E-state index contributed by atoms with van der Waals surface area (Å²) in [4.78, 5) is 33.3. The van der Waals surface area contributed by atoms with Gasteiger partial charge in [0.1, 0.15) is 6.04 Å². The summed E-state index contributed by atoms with van der Waals surface area (Å²) in [7, 11) is 0. The van der Waals surface area contributed by atoms with Gasteiger partial charge in [0, 0.05) is 24.3 Å². The van der Waals surface area contributed by atoms with E-state index in [0.717, 1.165) is 12.8 Å². The van der Waals surface area contributed by atoms with Gasteiger partial charge in [-0.1, -0.05) is 68.4 Å². The molecule has 0 fully saturated rings. The molecule has 1 amide bonds. The van der Waals surface area contributed by atoms with Crippen molar-refractivity contribution in [2.24, 2.45) is 0 Å². The first-order valence-corrected chi connectivity index (χ1v) is 12.5. The number of hydrogen-bond donors (Lipinski definition) is 4. The van der Waals surface area contributed by atoms with Crippen LogP contribution in [0.15, 0.2) is 48.6 Å². The normalized spacial score (nSPS) is 14.9. The summed E-state index contributed by atoms with van der Waals surface area (Å²) in [6, 6.07) is -1.07. The highest BCUT2D eigenvalue weighted by atomic mass is 32.2. The molecule has 4 N–H and O–H groups in total. The summed E-state index contributed by atoms with van der Waals surface area (Å²) < 4.78 is 0. The van der Waals surface area contributed by atoms with Crippen LogP contribution in [-0.2, 0) is 14.4 Å². The Morgan fingerprint density at radius 3 is 2.33 bits per heavy atom. The van der Waals surface area contributed by atoms with Gasteiger partial charge in [0.15, 0.2) is 0 Å². The monoisotopic (exact) mass is 481 g/mol. The van der Waals surface area contributed by atoms with E-state index in [1.165, 1.54) is 37.9 Å². The molecule has 186 valence electrons. The maximum absolute atomic E-state index is 11.3. The summed E-state index contributed by atoms with van der Waals surface area (Å²) in [5.41, 5.74) is 0. The van der Waals surface area contributed by atoms with E-state index in [0.29, 0.717) is 6.42 Å². The Morgan fingerprint density at radius 2 is 1.70 bits per heavy atom. The zero-order valence-corrected chi connectivity index (χ0v) is 20.5. The number of thioether (sulfide) groups is 1. The highest BCUT2D eigenvalue weighted by molar-refractivity contribution is 8.00. The zero-order chi connectivity index (χ0) is 24.9. The number of unbranched alkanes of at least 4 members (excludes halogenated alkanes) is 3. The van der Waals surface area contributed by atoms with Crippen LogP contribution in [0.3, 0.4) is 0 Å². The highest BCUT2D eigenvalue weighted by Gasteiger charge is 2.23. The van der Waals surface area contributed by atoms with Crippen molar-refractivity contribution in [1.29, 1.82) is 0 Å². The number of amides is 1. The third kappa shape index (κ3) is 18.9. The number of nitrogens with one attached hydrogen (secondary N) is 1. The number of carbonyl (C=O) groups is 3. The molecule has 0 aromatic heterocycles. The molecule has 0 heterocycles. The van der Waals surface area contributed by atoms with Crippen LogP contribution >= 0.6 is 11.8 Å². The lowest BCUT2D eigenvalue weighted by atomic mass is 10.1. The fourth-order valence-corrected chi connectivity index (χ4v) is 4.01. The molecule has 0 aliphatic rings. The summed E-state index contributed by atoms with van der Waals surface area (Å²) in [5, 5.41) is 30.5. The number of carbonyl (C=O) groups excluding carboxylic acids is 1. The maximum atomic E-state index is 11.3. The van der Waals surface area contributed by atoms with Gasteiger partial charge in [-0.2, -0.15) is 0 Å². The number of carboxylic acids is 2. The molecule has 0 saturated heterocycles. The fourth-order valence-electron chi connectivity index (χ4n) is 2.81. The SMILES string of the molecule is CCCCC/C=C\C\C=C/C=C/C=C/[C@H](SC[C@@H](NC(C)=O)C(=O)O)[C@H](O)CCCC(=O)O. The molecular weight excluding hydrogens is 442 g/mol. The second-order valence-electron chi connectivity index (χ2n) is 7.64. The van der Waals surface area contributed by atoms with Gasteiger partial charge in [-0.25, -0.2) is 4.79 Å². The van der Waals surface area contributed by atoms with E-state index >= 15 is 0 Å². The van der Waals surface area contributed by atoms with Crippen LogP contribution in [0.4, 0.5) is 0 Å².